The summed E-state index contributed by atoms with van der Waals surface area (Å²) in [7, 11) is 1.78. The molecule has 0 aliphatic carbocycles. The van der Waals surface area contributed by atoms with Crippen LogP contribution in [0.1, 0.15) is 21.9 Å². The lowest BCUT2D eigenvalue weighted by Crippen LogP contribution is -2.23. The molecule has 8 nitrogen and oxygen atoms in total. The van der Waals surface area contributed by atoms with Crippen LogP contribution < -0.4 is 10.3 Å². The van der Waals surface area contributed by atoms with E-state index in [0.717, 1.165) is 11.4 Å². The first kappa shape index (κ1) is 24.3. The van der Waals surface area contributed by atoms with Gasteiger partial charge in [-0.05, 0) is 43.3 Å². The highest BCUT2D eigenvalue weighted by Crippen LogP contribution is 2.24. The number of rotatable bonds is 9. The summed E-state index contributed by atoms with van der Waals surface area (Å²) in [5.74, 6) is 1.11. The highest BCUT2D eigenvalue weighted by atomic mass is 32.2. The molecular formula is C28H25N5O3S. The second kappa shape index (κ2) is 10.7. The maximum Gasteiger partial charge on any atom is 0.282 e. The number of para-hydroxylation sites is 3. The predicted molar refractivity (Wildman–Crippen MR) is 143 cm³/mol. The molecule has 0 spiro atoms. The van der Waals surface area contributed by atoms with E-state index in [4.69, 9.17) is 4.74 Å². The molecule has 0 unspecified atom stereocenters. The van der Waals surface area contributed by atoms with Crippen molar-refractivity contribution in [1.29, 1.82) is 0 Å². The van der Waals surface area contributed by atoms with Gasteiger partial charge in [-0.2, -0.15) is 0 Å². The Bertz CT molecular complexity index is 1580. The monoisotopic (exact) mass is 511 g/mol. The Kier molecular flexibility index (Phi) is 7.04. The van der Waals surface area contributed by atoms with Gasteiger partial charge < -0.3 is 4.74 Å². The minimum absolute atomic E-state index is 0.0411. The standard InChI is InChI=1S/C28H25N5O3S/c1-20-26(27(35)33(31(20)2)22-14-8-4-9-15-22)24(34)19-37-28-30-29-25(18-36-23-16-10-5-11-17-23)32(28)21-12-6-3-7-13-21/h3-17H,18-19H2,1-2H3. The fourth-order valence-electron chi connectivity index (χ4n) is 4.08. The Hall–Kier alpha value is -4.37. The van der Waals surface area contributed by atoms with Gasteiger partial charge in [0.1, 0.15) is 17.9 Å². The summed E-state index contributed by atoms with van der Waals surface area (Å²) in [6, 6.07) is 28.4. The Morgan fingerprint density at radius 1 is 0.865 bits per heavy atom. The van der Waals surface area contributed by atoms with Crippen LogP contribution in [-0.2, 0) is 13.7 Å². The molecule has 0 aliphatic rings. The average Bonchev–Trinajstić information content (AvgIpc) is 3.44. The largest absolute Gasteiger partial charge is 0.486 e. The molecule has 2 aromatic heterocycles. The van der Waals surface area contributed by atoms with Crippen LogP contribution in [0.5, 0.6) is 5.75 Å². The lowest BCUT2D eigenvalue weighted by Gasteiger charge is -2.11. The highest BCUT2D eigenvalue weighted by Gasteiger charge is 2.23. The van der Waals surface area contributed by atoms with Gasteiger partial charge in [0.15, 0.2) is 16.8 Å². The Morgan fingerprint density at radius 2 is 1.46 bits per heavy atom. The fraction of sp³-hybridized carbons (Fsp3) is 0.143. The number of hydrogen-bond donors (Lipinski definition) is 0. The Morgan fingerprint density at radius 3 is 2.11 bits per heavy atom. The van der Waals surface area contributed by atoms with Gasteiger partial charge in [0, 0.05) is 18.4 Å². The quantitative estimate of drug-likeness (QED) is 0.212. The van der Waals surface area contributed by atoms with Crippen molar-refractivity contribution in [3.05, 3.63) is 118 Å². The van der Waals surface area contributed by atoms with E-state index >= 15 is 0 Å². The molecule has 0 saturated heterocycles. The van der Waals surface area contributed by atoms with Crippen molar-refractivity contribution in [2.45, 2.75) is 18.7 Å². The van der Waals surface area contributed by atoms with Crippen LogP contribution in [-0.4, -0.2) is 35.7 Å². The molecule has 0 bridgehead atoms. The molecule has 37 heavy (non-hydrogen) atoms. The molecule has 0 saturated carbocycles. The van der Waals surface area contributed by atoms with Gasteiger partial charge in [-0.25, -0.2) is 4.68 Å². The van der Waals surface area contributed by atoms with Gasteiger partial charge in [-0.3, -0.25) is 18.8 Å². The van der Waals surface area contributed by atoms with E-state index in [-0.39, 0.29) is 29.3 Å². The molecule has 9 heteroatoms. The number of ketones is 1. The summed E-state index contributed by atoms with van der Waals surface area (Å²) in [6.07, 6.45) is 0. The van der Waals surface area contributed by atoms with E-state index in [1.165, 1.54) is 16.4 Å². The second-order valence-corrected chi connectivity index (χ2v) is 9.26. The van der Waals surface area contributed by atoms with Crippen molar-refractivity contribution in [3.63, 3.8) is 0 Å². The summed E-state index contributed by atoms with van der Waals surface area (Å²) in [5, 5.41) is 9.22. The van der Waals surface area contributed by atoms with Crippen LogP contribution in [0.15, 0.2) is 101 Å². The molecule has 0 fully saturated rings. The van der Waals surface area contributed by atoms with Gasteiger partial charge in [-0.1, -0.05) is 66.4 Å². The number of carbonyl (C=O) groups excluding carboxylic acids is 1. The highest BCUT2D eigenvalue weighted by molar-refractivity contribution is 7.99. The lowest BCUT2D eigenvalue weighted by molar-refractivity contribution is 0.102. The van der Waals surface area contributed by atoms with E-state index in [1.807, 2.05) is 95.6 Å². The smallest absolute Gasteiger partial charge is 0.282 e. The van der Waals surface area contributed by atoms with Crippen molar-refractivity contribution < 1.29 is 9.53 Å². The van der Waals surface area contributed by atoms with Crippen LogP contribution in [0.4, 0.5) is 0 Å². The number of hydrogen-bond acceptors (Lipinski definition) is 6. The maximum absolute atomic E-state index is 13.3. The van der Waals surface area contributed by atoms with Gasteiger partial charge in [0.2, 0.25) is 0 Å². The summed E-state index contributed by atoms with van der Waals surface area (Å²) < 4.78 is 11.0. The first-order chi connectivity index (χ1) is 18.0. The van der Waals surface area contributed by atoms with Crippen molar-refractivity contribution in [3.8, 4) is 17.1 Å². The minimum atomic E-state index is -0.335. The van der Waals surface area contributed by atoms with Crippen molar-refractivity contribution in [2.75, 3.05) is 5.75 Å². The number of benzene rings is 3. The average molecular weight is 512 g/mol. The Labute approximate surface area is 218 Å². The van der Waals surface area contributed by atoms with E-state index < -0.39 is 0 Å². The van der Waals surface area contributed by atoms with Crippen molar-refractivity contribution in [2.24, 2.45) is 7.05 Å². The first-order valence-corrected chi connectivity index (χ1v) is 12.7. The minimum Gasteiger partial charge on any atom is -0.486 e. The van der Waals surface area contributed by atoms with E-state index in [1.54, 1.807) is 18.7 Å². The third-order valence-corrected chi connectivity index (χ3v) is 6.92. The number of thioether (sulfide) groups is 1. The molecule has 0 amide bonds. The zero-order chi connectivity index (χ0) is 25.8. The van der Waals surface area contributed by atoms with E-state index in [2.05, 4.69) is 10.2 Å². The first-order valence-electron chi connectivity index (χ1n) is 11.7. The summed E-state index contributed by atoms with van der Waals surface area (Å²) in [6.45, 7) is 1.99. The molecule has 186 valence electrons. The normalized spacial score (nSPS) is 11.0. The molecule has 5 aromatic rings. The molecule has 0 N–H and O–H groups in total. The van der Waals surface area contributed by atoms with Crippen LogP contribution in [0.25, 0.3) is 11.4 Å². The zero-order valence-corrected chi connectivity index (χ0v) is 21.3. The van der Waals surface area contributed by atoms with Crippen LogP contribution in [0.3, 0.4) is 0 Å². The molecule has 0 aliphatic heterocycles. The van der Waals surface area contributed by atoms with E-state index in [0.29, 0.717) is 22.4 Å². The second-order valence-electron chi connectivity index (χ2n) is 8.32. The van der Waals surface area contributed by atoms with Crippen LogP contribution in [0.2, 0.25) is 0 Å². The molecule has 3 aromatic carbocycles. The molecule has 0 radical (unpaired) electrons. The number of Topliss-reactive ketones (excluding diaryl/α,β-unsaturated/α-hetero) is 1. The summed E-state index contributed by atoms with van der Waals surface area (Å²) >= 11 is 1.24. The van der Waals surface area contributed by atoms with Crippen molar-refractivity contribution in [1.82, 2.24) is 24.1 Å². The summed E-state index contributed by atoms with van der Waals surface area (Å²) in [5.41, 5.74) is 2.02. The van der Waals surface area contributed by atoms with Gasteiger partial charge in [-0.15, -0.1) is 10.2 Å². The van der Waals surface area contributed by atoms with Crippen LogP contribution >= 0.6 is 11.8 Å². The van der Waals surface area contributed by atoms with Gasteiger partial charge in [0.05, 0.1) is 11.4 Å². The van der Waals surface area contributed by atoms with Crippen LogP contribution in [0, 0.1) is 6.92 Å². The molecule has 5 rings (SSSR count). The maximum atomic E-state index is 13.3. The van der Waals surface area contributed by atoms with Crippen molar-refractivity contribution >= 4 is 17.5 Å². The molecule has 2 heterocycles. The topological polar surface area (TPSA) is 83.9 Å². The Balaban J connectivity index is 1.40. The van der Waals surface area contributed by atoms with Gasteiger partial charge >= 0.3 is 0 Å². The zero-order valence-electron chi connectivity index (χ0n) is 20.4. The molecule has 0 atom stereocenters. The predicted octanol–water partition coefficient (Wildman–Crippen LogP) is 4.62. The number of ether oxygens (including phenoxy) is 1. The number of aromatic nitrogens is 5. The van der Waals surface area contributed by atoms with E-state index in [9.17, 15) is 9.59 Å². The molecular weight excluding hydrogens is 486 g/mol. The third kappa shape index (κ3) is 4.99. The number of nitrogens with zero attached hydrogens (tertiary/aromatic N) is 5. The fourth-order valence-corrected chi connectivity index (χ4v) is 4.92. The lowest BCUT2D eigenvalue weighted by atomic mass is 10.2. The summed E-state index contributed by atoms with van der Waals surface area (Å²) in [4.78, 5) is 26.5. The SMILES string of the molecule is Cc1c(C(=O)CSc2nnc(COc3ccccc3)n2-c2ccccc2)c(=O)n(-c2ccccc2)n1C. The van der Waals surface area contributed by atoms with Gasteiger partial charge in [0.25, 0.3) is 5.56 Å². The number of carbonyl (C=O) groups is 1. The third-order valence-electron chi connectivity index (χ3n) is 5.99.